The van der Waals surface area contributed by atoms with Crippen LogP contribution in [0.3, 0.4) is 0 Å². The highest BCUT2D eigenvalue weighted by atomic mass is 35.5. The fraction of sp³-hybridized carbons (Fsp3) is 0.438. The molecule has 218 valence electrons. The Hall–Kier alpha value is -3.49. The van der Waals surface area contributed by atoms with Gasteiger partial charge in [-0.15, -0.1) is 6.58 Å². The van der Waals surface area contributed by atoms with Gasteiger partial charge in [-0.2, -0.15) is 0 Å². The van der Waals surface area contributed by atoms with Gasteiger partial charge in [0, 0.05) is 42.0 Å². The number of nitro groups is 1. The van der Waals surface area contributed by atoms with Gasteiger partial charge >= 0.3 is 5.97 Å². The van der Waals surface area contributed by atoms with Crippen LogP contribution in [0.15, 0.2) is 67.4 Å². The highest BCUT2D eigenvalue weighted by molar-refractivity contribution is 5.84. The number of hydrogen-bond donors (Lipinski definition) is 0. The minimum absolute atomic E-state index is 0. The van der Waals surface area contributed by atoms with Crippen LogP contribution < -0.4 is 17.1 Å². The van der Waals surface area contributed by atoms with Crippen LogP contribution in [0.25, 0.3) is 10.9 Å². The summed E-state index contributed by atoms with van der Waals surface area (Å²) in [6.07, 6.45) is 5.05. The molecule has 3 saturated heterocycles. The molecule has 0 radical (unpaired) electrons. The zero-order valence-corrected chi connectivity index (χ0v) is 24.8. The molecule has 1 aromatic heterocycles. The second-order valence-corrected chi connectivity index (χ2v) is 12.3. The van der Waals surface area contributed by atoms with Crippen molar-refractivity contribution in [2.75, 3.05) is 20.2 Å². The average Bonchev–Trinajstić information content (AvgIpc) is 2.94. The number of nitro benzene ring substituents is 1. The van der Waals surface area contributed by atoms with Gasteiger partial charge in [-0.1, -0.05) is 18.2 Å². The summed E-state index contributed by atoms with van der Waals surface area (Å²) >= 11 is 0. The van der Waals surface area contributed by atoms with Gasteiger partial charge < -0.3 is 26.4 Å². The van der Waals surface area contributed by atoms with Crippen molar-refractivity contribution in [2.24, 2.45) is 17.3 Å². The van der Waals surface area contributed by atoms with Crippen molar-refractivity contribution in [1.29, 1.82) is 0 Å². The number of fused-ring (bicyclic) bond motifs is 4. The first-order valence-electron chi connectivity index (χ1n) is 13.9. The van der Waals surface area contributed by atoms with Crippen LogP contribution >= 0.6 is 0 Å². The lowest BCUT2D eigenvalue weighted by Crippen LogP contribution is -3.00. The van der Waals surface area contributed by atoms with E-state index >= 15 is 0 Å². The molecule has 0 aliphatic carbocycles. The number of esters is 1. The molecular formula is C32H38ClN3O5. The predicted molar refractivity (Wildman–Crippen MR) is 154 cm³/mol. The quantitative estimate of drug-likeness (QED) is 0.134. The number of pyridine rings is 1. The Labute approximate surface area is 247 Å². The molecule has 0 spiro atoms. The number of aromatic nitrogens is 1. The molecule has 3 aromatic rings. The summed E-state index contributed by atoms with van der Waals surface area (Å²) < 4.78 is 12.6. The summed E-state index contributed by atoms with van der Waals surface area (Å²) in [6, 6.07) is 14.6. The van der Waals surface area contributed by atoms with Crippen LogP contribution in [-0.2, 0) is 16.1 Å². The summed E-state index contributed by atoms with van der Waals surface area (Å²) in [5.74, 6) is 1.12. The number of halogens is 1. The number of nitrogens with zero attached hydrogens (tertiary/aromatic N) is 3. The van der Waals surface area contributed by atoms with Crippen molar-refractivity contribution in [1.82, 2.24) is 4.98 Å². The van der Waals surface area contributed by atoms with Crippen molar-refractivity contribution < 1.29 is 36.1 Å². The molecule has 3 fully saturated rings. The van der Waals surface area contributed by atoms with Gasteiger partial charge in [-0.25, -0.2) is 0 Å². The van der Waals surface area contributed by atoms with E-state index in [0.717, 1.165) is 42.4 Å². The summed E-state index contributed by atoms with van der Waals surface area (Å²) in [6.45, 7) is 11.8. The van der Waals surface area contributed by atoms with Crippen LogP contribution in [0.2, 0.25) is 0 Å². The van der Waals surface area contributed by atoms with Gasteiger partial charge in [0.15, 0.2) is 6.10 Å². The van der Waals surface area contributed by atoms with Gasteiger partial charge in [-0.3, -0.25) is 19.9 Å². The third kappa shape index (κ3) is 5.81. The Balaban J connectivity index is 0.00000387. The van der Waals surface area contributed by atoms with Crippen molar-refractivity contribution in [2.45, 2.75) is 52.3 Å². The lowest BCUT2D eigenvalue weighted by atomic mass is 9.71. The minimum Gasteiger partial charge on any atom is -1.00 e. The Morgan fingerprint density at radius 3 is 2.68 bits per heavy atom. The molecule has 2 aromatic carbocycles. The summed E-state index contributed by atoms with van der Waals surface area (Å²) in [5.41, 5.74) is 1.80. The predicted octanol–water partition coefficient (Wildman–Crippen LogP) is 3.40. The molecule has 0 amide bonds. The van der Waals surface area contributed by atoms with E-state index < -0.39 is 11.5 Å². The molecule has 1 unspecified atom stereocenters. The van der Waals surface area contributed by atoms with Gasteiger partial charge in [-0.05, 0) is 57.0 Å². The SMILES string of the molecule is C=C[C@H]1C[N+]2(Cc3ccccc3[N+](=O)[O-])CC[C@H]1C[C@H]2[C@H](OC(=O)C(C)(C)C)c1ccnc2ccc(OC)cc12.[Cl-]. The molecule has 3 aliphatic rings. The summed E-state index contributed by atoms with van der Waals surface area (Å²) in [4.78, 5) is 29.8. The highest BCUT2D eigenvalue weighted by Gasteiger charge is 2.56. The Morgan fingerprint density at radius 2 is 2.00 bits per heavy atom. The van der Waals surface area contributed by atoms with Crippen LogP contribution in [0.5, 0.6) is 5.75 Å². The van der Waals surface area contributed by atoms with Crippen LogP contribution in [0, 0.1) is 27.4 Å². The second-order valence-electron chi connectivity index (χ2n) is 12.3. The lowest BCUT2D eigenvalue weighted by Gasteiger charge is -2.58. The topological polar surface area (TPSA) is 91.6 Å². The Bertz CT molecular complexity index is 1450. The maximum Gasteiger partial charge on any atom is 0.312 e. The number of methoxy groups -OCH3 is 1. The minimum atomic E-state index is -0.700. The number of carbonyl (C=O) groups is 1. The molecular weight excluding hydrogens is 542 g/mol. The molecule has 41 heavy (non-hydrogen) atoms. The first-order chi connectivity index (χ1) is 19.1. The molecule has 6 rings (SSSR count). The third-order valence-corrected chi connectivity index (χ3v) is 8.83. The van der Waals surface area contributed by atoms with Gasteiger partial charge in [0.1, 0.15) is 18.3 Å². The molecule has 3 aliphatic heterocycles. The first-order valence-corrected chi connectivity index (χ1v) is 13.9. The number of para-hydroxylation sites is 1. The van der Waals surface area contributed by atoms with Crippen molar-refractivity contribution in [3.8, 4) is 5.75 Å². The number of hydrogen-bond acceptors (Lipinski definition) is 6. The molecule has 8 nitrogen and oxygen atoms in total. The van der Waals surface area contributed by atoms with E-state index in [1.807, 2.05) is 63.2 Å². The Morgan fingerprint density at radius 1 is 1.24 bits per heavy atom. The highest BCUT2D eigenvalue weighted by Crippen LogP contribution is 2.50. The molecule has 0 saturated carbocycles. The fourth-order valence-corrected chi connectivity index (χ4v) is 6.69. The van der Waals surface area contributed by atoms with E-state index in [1.165, 1.54) is 0 Å². The van der Waals surface area contributed by atoms with Crippen molar-refractivity contribution in [3.05, 3.63) is 88.6 Å². The summed E-state index contributed by atoms with van der Waals surface area (Å²) in [5, 5.41) is 12.9. The number of rotatable bonds is 8. The van der Waals surface area contributed by atoms with Gasteiger partial charge in [0.05, 0.1) is 41.6 Å². The van der Waals surface area contributed by atoms with Crippen molar-refractivity contribution in [3.63, 3.8) is 0 Å². The zero-order valence-electron chi connectivity index (χ0n) is 24.1. The number of benzene rings is 2. The normalized spacial score (nSPS) is 24.2. The van der Waals surface area contributed by atoms with E-state index in [2.05, 4.69) is 11.6 Å². The maximum atomic E-state index is 13.5. The molecule has 4 heterocycles. The van der Waals surface area contributed by atoms with E-state index in [0.29, 0.717) is 34.2 Å². The van der Waals surface area contributed by atoms with E-state index in [-0.39, 0.29) is 35.0 Å². The van der Waals surface area contributed by atoms with Crippen LogP contribution in [-0.4, -0.2) is 46.6 Å². The van der Waals surface area contributed by atoms with Crippen LogP contribution in [0.4, 0.5) is 5.69 Å². The smallest absolute Gasteiger partial charge is 0.312 e. The van der Waals surface area contributed by atoms with Crippen molar-refractivity contribution >= 4 is 22.6 Å². The van der Waals surface area contributed by atoms with Crippen LogP contribution in [0.1, 0.15) is 50.8 Å². The van der Waals surface area contributed by atoms with E-state index in [4.69, 9.17) is 9.47 Å². The molecule has 9 heteroatoms. The first kappa shape index (κ1) is 30.5. The third-order valence-electron chi connectivity index (χ3n) is 8.83. The fourth-order valence-electron chi connectivity index (χ4n) is 6.69. The largest absolute Gasteiger partial charge is 1.00 e. The van der Waals surface area contributed by atoms with E-state index in [9.17, 15) is 14.9 Å². The summed E-state index contributed by atoms with van der Waals surface area (Å²) in [7, 11) is 1.63. The van der Waals surface area contributed by atoms with Gasteiger partial charge in [0.2, 0.25) is 0 Å². The van der Waals surface area contributed by atoms with Gasteiger partial charge in [0.25, 0.3) is 5.69 Å². The number of ether oxygens (including phenoxy) is 2. The number of quaternary nitrogens is 1. The maximum absolute atomic E-state index is 13.5. The Kier molecular flexibility index (Phi) is 8.76. The average molecular weight is 580 g/mol. The lowest BCUT2D eigenvalue weighted by molar-refractivity contribution is -0.984. The number of carbonyl (C=O) groups excluding carboxylic acids is 1. The standard InChI is InChI=1S/C32H38N3O5.ClH/c1-6-21-19-35(20-23-9-7-8-10-28(23)34(37)38)16-14-22(21)17-29(35)30(40-31(36)32(2,3)4)25-13-15-33-27-12-11-24(39-5)18-26(25)27;/h6-13,15,18,21-22,29-30H,1,14,16-17,19-20H2,2-5H3;1H/q+1;/p-1/t21-,22-,29-,30+,35?;/m0./s1. The zero-order chi connectivity index (χ0) is 28.7. The van der Waals surface area contributed by atoms with E-state index in [1.54, 1.807) is 25.4 Å². The second kappa shape index (κ2) is 11.8. The molecule has 0 N–H and O–H groups in total. The number of piperidine rings is 3. The monoisotopic (exact) mass is 579 g/mol. The molecule has 2 bridgehead atoms. The molecule has 5 atom stereocenters.